The van der Waals surface area contributed by atoms with Gasteiger partial charge in [-0.05, 0) is 25.8 Å². The molecule has 1 aliphatic heterocycles. The summed E-state index contributed by atoms with van der Waals surface area (Å²) in [5.41, 5.74) is 0. The zero-order chi connectivity index (χ0) is 5.82. The molecule has 0 spiro atoms. The first-order valence-electron chi connectivity index (χ1n) is 3.13. The molecule has 0 aliphatic carbocycles. The largest absolute Gasteiger partial charge is 0.304 e. The van der Waals surface area contributed by atoms with Gasteiger partial charge in [-0.1, -0.05) is 5.92 Å². The van der Waals surface area contributed by atoms with Crippen molar-refractivity contribution in [1.29, 1.82) is 0 Å². The molecule has 0 saturated carbocycles. The van der Waals surface area contributed by atoms with E-state index in [9.17, 15) is 0 Å². The molecule has 9 heavy (non-hydrogen) atoms. The highest BCUT2D eigenvalue weighted by Gasteiger charge is 2.07. The lowest BCUT2D eigenvalue weighted by Crippen LogP contribution is -2.32. The van der Waals surface area contributed by atoms with Crippen LogP contribution in [0.3, 0.4) is 0 Å². The zero-order valence-electron chi connectivity index (χ0n) is 5.39. The SMILES string of the molecule is C#C[C@H]1CCCCN1.Cl. The van der Waals surface area contributed by atoms with E-state index in [1.807, 2.05) is 0 Å². The van der Waals surface area contributed by atoms with Crippen LogP contribution in [0, 0.1) is 12.3 Å². The summed E-state index contributed by atoms with van der Waals surface area (Å²) in [6, 6.07) is 0.365. The third-order valence-corrected chi connectivity index (χ3v) is 1.51. The summed E-state index contributed by atoms with van der Waals surface area (Å²) < 4.78 is 0. The average Bonchev–Trinajstić information content (AvgIpc) is 1.90. The Morgan fingerprint density at radius 2 is 2.22 bits per heavy atom. The van der Waals surface area contributed by atoms with Gasteiger partial charge in [-0.3, -0.25) is 0 Å². The van der Waals surface area contributed by atoms with E-state index in [2.05, 4.69) is 11.2 Å². The van der Waals surface area contributed by atoms with Crippen molar-refractivity contribution in [2.45, 2.75) is 25.3 Å². The van der Waals surface area contributed by atoms with E-state index < -0.39 is 0 Å². The van der Waals surface area contributed by atoms with Crippen molar-refractivity contribution in [3.63, 3.8) is 0 Å². The predicted molar refractivity (Wildman–Crippen MR) is 41.7 cm³/mol. The summed E-state index contributed by atoms with van der Waals surface area (Å²) in [5, 5.41) is 3.23. The topological polar surface area (TPSA) is 12.0 Å². The Morgan fingerprint density at radius 1 is 1.44 bits per heavy atom. The second kappa shape index (κ2) is 4.67. The van der Waals surface area contributed by atoms with E-state index in [0.29, 0.717) is 6.04 Å². The zero-order valence-corrected chi connectivity index (χ0v) is 6.21. The Bertz CT molecular complexity index is 100.0. The molecule has 0 aromatic carbocycles. The molecule has 0 amide bonds. The van der Waals surface area contributed by atoms with Gasteiger partial charge in [0, 0.05) is 0 Å². The lowest BCUT2D eigenvalue weighted by Gasteiger charge is -2.17. The van der Waals surface area contributed by atoms with Gasteiger partial charge < -0.3 is 5.32 Å². The summed E-state index contributed by atoms with van der Waals surface area (Å²) in [4.78, 5) is 0. The molecule has 2 heteroatoms. The number of halogens is 1. The van der Waals surface area contributed by atoms with Crippen LogP contribution in [0.25, 0.3) is 0 Å². The third-order valence-electron chi connectivity index (χ3n) is 1.51. The van der Waals surface area contributed by atoms with Crippen molar-refractivity contribution >= 4 is 12.4 Å². The van der Waals surface area contributed by atoms with Crippen LogP contribution in [0.4, 0.5) is 0 Å². The van der Waals surface area contributed by atoms with E-state index in [4.69, 9.17) is 6.42 Å². The average molecular weight is 146 g/mol. The van der Waals surface area contributed by atoms with E-state index >= 15 is 0 Å². The van der Waals surface area contributed by atoms with Crippen LogP contribution in [0.15, 0.2) is 0 Å². The number of nitrogens with one attached hydrogen (secondary N) is 1. The van der Waals surface area contributed by atoms with Crippen LogP contribution in [0.2, 0.25) is 0 Å². The Labute approximate surface area is 62.6 Å². The van der Waals surface area contributed by atoms with Crippen molar-refractivity contribution in [3.05, 3.63) is 0 Å². The molecule has 52 valence electrons. The van der Waals surface area contributed by atoms with Gasteiger partial charge in [0.15, 0.2) is 0 Å². The molecule has 1 N–H and O–H groups in total. The van der Waals surface area contributed by atoms with E-state index in [0.717, 1.165) is 13.0 Å². The highest BCUT2D eigenvalue weighted by molar-refractivity contribution is 5.85. The minimum Gasteiger partial charge on any atom is -0.304 e. The minimum atomic E-state index is 0. The van der Waals surface area contributed by atoms with Gasteiger partial charge in [0.2, 0.25) is 0 Å². The van der Waals surface area contributed by atoms with Crippen molar-refractivity contribution in [3.8, 4) is 12.3 Å². The number of terminal acetylenes is 1. The first kappa shape index (κ1) is 8.81. The maximum Gasteiger partial charge on any atom is 0.0686 e. The van der Waals surface area contributed by atoms with Crippen LogP contribution >= 0.6 is 12.4 Å². The first-order chi connectivity index (χ1) is 3.93. The molecular weight excluding hydrogens is 134 g/mol. The number of hydrogen-bond donors (Lipinski definition) is 1. The van der Waals surface area contributed by atoms with Crippen LogP contribution in [0.5, 0.6) is 0 Å². The summed E-state index contributed by atoms with van der Waals surface area (Å²) in [7, 11) is 0. The van der Waals surface area contributed by atoms with Crippen molar-refractivity contribution in [2.24, 2.45) is 0 Å². The van der Waals surface area contributed by atoms with E-state index in [-0.39, 0.29) is 12.4 Å². The molecule has 1 fully saturated rings. The van der Waals surface area contributed by atoms with Gasteiger partial charge in [-0.25, -0.2) is 0 Å². The smallest absolute Gasteiger partial charge is 0.0686 e. The fourth-order valence-corrected chi connectivity index (χ4v) is 0.994. The molecule has 1 aliphatic rings. The van der Waals surface area contributed by atoms with Crippen LogP contribution in [-0.2, 0) is 0 Å². The van der Waals surface area contributed by atoms with Gasteiger partial charge in [0.05, 0.1) is 6.04 Å². The van der Waals surface area contributed by atoms with Crippen molar-refractivity contribution in [2.75, 3.05) is 6.54 Å². The van der Waals surface area contributed by atoms with Crippen molar-refractivity contribution < 1.29 is 0 Å². The molecule has 0 aromatic heterocycles. The number of rotatable bonds is 0. The molecule has 0 aromatic rings. The van der Waals surface area contributed by atoms with Gasteiger partial charge in [0.1, 0.15) is 0 Å². The highest BCUT2D eigenvalue weighted by Crippen LogP contribution is 2.04. The Hall–Kier alpha value is -0.190. The lowest BCUT2D eigenvalue weighted by molar-refractivity contribution is 0.464. The fourth-order valence-electron chi connectivity index (χ4n) is 0.994. The Balaban J connectivity index is 0.000000640. The maximum atomic E-state index is 5.19. The summed E-state index contributed by atoms with van der Waals surface area (Å²) >= 11 is 0. The summed E-state index contributed by atoms with van der Waals surface area (Å²) in [6.07, 6.45) is 8.94. The lowest BCUT2D eigenvalue weighted by atomic mass is 10.1. The molecule has 1 heterocycles. The van der Waals surface area contributed by atoms with Crippen LogP contribution in [-0.4, -0.2) is 12.6 Å². The second-order valence-corrected chi connectivity index (χ2v) is 2.17. The predicted octanol–water partition coefficient (Wildman–Crippen LogP) is 1.18. The second-order valence-electron chi connectivity index (χ2n) is 2.17. The maximum absolute atomic E-state index is 5.19. The number of piperidine rings is 1. The fraction of sp³-hybridized carbons (Fsp3) is 0.714. The molecule has 0 radical (unpaired) electrons. The monoisotopic (exact) mass is 145 g/mol. The Morgan fingerprint density at radius 3 is 2.56 bits per heavy atom. The standard InChI is InChI=1S/C7H11N.ClH/c1-2-7-5-3-4-6-8-7;/h1,7-8H,3-6H2;1H/t7-;/m0./s1. The molecule has 0 unspecified atom stereocenters. The molecule has 1 saturated heterocycles. The highest BCUT2D eigenvalue weighted by atomic mass is 35.5. The molecule has 1 nitrogen and oxygen atoms in total. The summed E-state index contributed by atoms with van der Waals surface area (Å²) in [6.45, 7) is 1.11. The molecule has 0 bridgehead atoms. The molecule has 1 rings (SSSR count). The molecular formula is C7H12ClN. The van der Waals surface area contributed by atoms with E-state index in [1.165, 1.54) is 12.8 Å². The molecule has 1 atom stereocenters. The normalized spacial score (nSPS) is 25.9. The van der Waals surface area contributed by atoms with Gasteiger partial charge >= 0.3 is 0 Å². The number of hydrogen-bond acceptors (Lipinski definition) is 1. The van der Waals surface area contributed by atoms with Crippen molar-refractivity contribution in [1.82, 2.24) is 5.32 Å². The first-order valence-corrected chi connectivity index (χ1v) is 3.13. The van der Waals surface area contributed by atoms with Gasteiger partial charge in [-0.2, -0.15) is 0 Å². The van der Waals surface area contributed by atoms with Gasteiger partial charge in [0.25, 0.3) is 0 Å². The summed E-state index contributed by atoms with van der Waals surface area (Å²) in [5.74, 6) is 2.69. The quantitative estimate of drug-likeness (QED) is 0.505. The minimum absolute atomic E-state index is 0. The van der Waals surface area contributed by atoms with Crippen LogP contribution < -0.4 is 5.32 Å². The van der Waals surface area contributed by atoms with Crippen LogP contribution in [0.1, 0.15) is 19.3 Å². The van der Waals surface area contributed by atoms with E-state index in [1.54, 1.807) is 0 Å². The van der Waals surface area contributed by atoms with Gasteiger partial charge in [-0.15, -0.1) is 18.8 Å². The third kappa shape index (κ3) is 2.74. The Kier molecular flexibility index (Phi) is 4.57.